The van der Waals surface area contributed by atoms with Gasteiger partial charge in [-0.05, 0) is 23.8 Å². The SMILES string of the molecule is COc1ccc2oc(C=O)c(-c3ccccc3)c2c1. The second-order valence-electron chi connectivity index (χ2n) is 4.19. The molecule has 94 valence electrons. The van der Waals surface area contributed by atoms with Crippen LogP contribution in [0.3, 0.4) is 0 Å². The smallest absolute Gasteiger partial charge is 0.186 e. The van der Waals surface area contributed by atoms with E-state index in [1.54, 1.807) is 7.11 Å². The van der Waals surface area contributed by atoms with E-state index >= 15 is 0 Å². The second kappa shape index (κ2) is 4.61. The van der Waals surface area contributed by atoms with Gasteiger partial charge in [0.1, 0.15) is 11.3 Å². The Hall–Kier alpha value is -2.55. The van der Waals surface area contributed by atoms with Gasteiger partial charge in [-0.15, -0.1) is 0 Å². The fraction of sp³-hybridized carbons (Fsp3) is 0.0625. The molecule has 2 aromatic carbocycles. The molecule has 0 N–H and O–H groups in total. The van der Waals surface area contributed by atoms with Gasteiger partial charge in [0.2, 0.25) is 0 Å². The highest BCUT2D eigenvalue weighted by Crippen LogP contribution is 2.35. The van der Waals surface area contributed by atoms with Gasteiger partial charge < -0.3 is 9.15 Å². The van der Waals surface area contributed by atoms with E-state index in [2.05, 4.69) is 0 Å². The summed E-state index contributed by atoms with van der Waals surface area (Å²) in [4.78, 5) is 11.2. The fourth-order valence-corrected chi connectivity index (χ4v) is 2.21. The minimum atomic E-state index is 0.342. The lowest BCUT2D eigenvalue weighted by atomic mass is 10.0. The zero-order valence-electron chi connectivity index (χ0n) is 10.4. The molecule has 3 heteroatoms. The minimum Gasteiger partial charge on any atom is -0.497 e. The van der Waals surface area contributed by atoms with Crippen LogP contribution in [-0.4, -0.2) is 13.4 Å². The monoisotopic (exact) mass is 252 g/mol. The first-order chi connectivity index (χ1) is 9.33. The Morgan fingerprint density at radius 2 is 1.89 bits per heavy atom. The van der Waals surface area contributed by atoms with Crippen molar-refractivity contribution in [2.45, 2.75) is 0 Å². The molecule has 1 aromatic heterocycles. The number of hydrogen-bond donors (Lipinski definition) is 0. The maximum Gasteiger partial charge on any atom is 0.186 e. The van der Waals surface area contributed by atoms with Gasteiger partial charge in [-0.25, -0.2) is 0 Å². The maximum atomic E-state index is 11.2. The van der Waals surface area contributed by atoms with Crippen LogP contribution in [0, 0.1) is 0 Å². The Morgan fingerprint density at radius 3 is 2.58 bits per heavy atom. The largest absolute Gasteiger partial charge is 0.497 e. The molecule has 1 heterocycles. The number of carbonyl (C=O) groups excluding carboxylic acids is 1. The molecule has 0 saturated heterocycles. The molecule has 0 fully saturated rings. The van der Waals surface area contributed by atoms with Crippen molar-refractivity contribution in [3.8, 4) is 16.9 Å². The molecule has 0 saturated carbocycles. The van der Waals surface area contributed by atoms with Crippen LogP contribution in [0.15, 0.2) is 52.9 Å². The van der Waals surface area contributed by atoms with Crippen LogP contribution in [-0.2, 0) is 0 Å². The van der Waals surface area contributed by atoms with Gasteiger partial charge in [-0.2, -0.15) is 0 Å². The molecule has 0 unspecified atom stereocenters. The van der Waals surface area contributed by atoms with Crippen molar-refractivity contribution in [1.29, 1.82) is 0 Å². The number of methoxy groups -OCH3 is 1. The molecule has 19 heavy (non-hydrogen) atoms. The third-order valence-corrected chi connectivity index (χ3v) is 3.09. The number of aldehydes is 1. The lowest BCUT2D eigenvalue weighted by Gasteiger charge is -2.01. The Balaban J connectivity index is 2.34. The van der Waals surface area contributed by atoms with Crippen LogP contribution in [0.5, 0.6) is 5.75 Å². The van der Waals surface area contributed by atoms with Crippen LogP contribution in [0.2, 0.25) is 0 Å². The van der Waals surface area contributed by atoms with Crippen LogP contribution in [0.25, 0.3) is 22.1 Å². The quantitative estimate of drug-likeness (QED) is 0.663. The fourth-order valence-electron chi connectivity index (χ4n) is 2.21. The Kier molecular flexibility index (Phi) is 2.80. The Labute approximate surface area is 110 Å². The average Bonchev–Trinajstić information content (AvgIpc) is 2.85. The number of hydrogen-bond acceptors (Lipinski definition) is 3. The molecule has 0 aliphatic rings. The molecule has 0 bridgehead atoms. The highest BCUT2D eigenvalue weighted by Gasteiger charge is 2.15. The average molecular weight is 252 g/mol. The first-order valence-electron chi connectivity index (χ1n) is 5.94. The number of rotatable bonds is 3. The predicted molar refractivity (Wildman–Crippen MR) is 73.6 cm³/mol. The normalized spacial score (nSPS) is 10.6. The van der Waals surface area contributed by atoms with Crippen molar-refractivity contribution in [2.24, 2.45) is 0 Å². The van der Waals surface area contributed by atoms with Gasteiger partial charge in [0, 0.05) is 10.9 Å². The molecule has 3 rings (SSSR count). The van der Waals surface area contributed by atoms with Crippen LogP contribution < -0.4 is 4.74 Å². The van der Waals surface area contributed by atoms with E-state index < -0.39 is 0 Å². The predicted octanol–water partition coefficient (Wildman–Crippen LogP) is 3.92. The maximum absolute atomic E-state index is 11.2. The Morgan fingerprint density at radius 1 is 1.11 bits per heavy atom. The minimum absolute atomic E-state index is 0.342. The molecule has 0 radical (unpaired) electrons. The summed E-state index contributed by atoms with van der Waals surface area (Å²) in [5.41, 5.74) is 2.45. The highest BCUT2D eigenvalue weighted by atomic mass is 16.5. The number of benzene rings is 2. The summed E-state index contributed by atoms with van der Waals surface area (Å²) in [6, 6.07) is 15.2. The summed E-state index contributed by atoms with van der Waals surface area (Å²) in [7, 11) is 1.62. The van der Waals surface area contributed by atoms with E-state index in [1.165, 1.54) is 0 Å². The molecule has 0 spiro atoms. The van der Waals surface area contributed by atoms with Crippen molar-refractivity contribution in [1.82, 2.24) is 0 Å². The summed E-state index contributed by atoms with van der Waals surface area (Å²) >= 11 is 0. The van der Waals surface area contributed by atoms with Crippen LogP contribution >= 0.6 is 0 Å². The van der Waals surface area contributed by atoms with E-state index in [4.69, 9.17) is 9.15 Å². The van der Waals surface area contributed by atoms with Crippen molar-refractivity contribution in [3.63, 3.8) is 0 Å². The van der Waals surface area contributed by atoms with E-state index in [1.807, 2.05) is 48.5 Å². The molecule has 0 aliphatic carbocycles. The van der Waals surface area contributed by atoms with Crippen molar-refractivity contribution >= 4 is 17.3 Å². The summed E-state index contributed by atoms with van der Waals surface area (Å²) in [5, 5.41) is 0.882. The zero-order valence-corrected chi connectivity index (χ0v) is 10.4. The van der Waals surface area contributed by atoms with Crippen molar-refractivity contribution in [2.75, 3.05) is 7.11 Å². The van der Waals surface area contributed by atoms with E-state index in [9.17, 15) is 4.79 Å². The van der Waals surface area contributed by atoms with Gasteiger partial charge >= 0.3 is 0 Å². The second-order valence-corrected chi connectivity index (χ2v) is 4.19. The number of carbonyl (C=O) groups is 1. The summed E-state index contributed by atoms with van der Waals surface area (Å²) in [5.74, 6) is 1.08. The molecule has 0 amide bonds. The van der Waals surface area contributed by atoms with Crippen molar-refractivity contribution < 1.29 is 13.9 Å². The Bertz CT molecular complexity index is 726. The summed E-state index contributed by atoms with van der Waals surface area (Å²) in [6.07, 6.45) is 0.745. The zero-order chi connectivity index (χ0) is 13.2. The third kappa shape index (κ3) is 1.89. The topological polar surface area (TPSA) is 39.4 Å². The van der Waals surface area contributed by atoms with Gasteiger partial charge in [0.05, 0.1) is 7.11 Å². The highest BCUT2D eigenvalue weighted by molar-refractivity contribution is 6.02. The molecular weight excluding hydrogens is 240 g/mol. The van der Waals surface area contributed by atoms with E-state index in [0.717, 1.165) is 28.5 Å². The lowest BCUT2D eigenvalue weighted by molar-refractivity contribution is 0.110. The number of ether oxygens (including phenoxy) is 1. The lowest BCUT2D eigenvalue weighted by Crippen LogP contribution is -1.83. The van der Waals surface area contributed by atoms with Gasteiger partial charge in [-0.3, -0.25) is 4.79 Å². The van der Waals surface area contributed by atoms with Gasteiger partial charge in [0.25, 0.3) is 0 Å². The van der Waals surface area contributed by atoms with Gasteiger partial charge in [-0.1, -0.05) is 30.3 Å². The van der Waals surface area contributed by atoms with Crippen molar-refractivity contribution in [3.05, 3.63) is 54.3 Å². The number of furan rings is 1. The summed E-state index contributed by atoms with van der Waals surface area (Å²) < 4.78 is 10.8. The van der Waals surface area contributed by atoms with Crippen LogP contribution in [0.1, 0.15) is 10.6 Å². The first kappa shape index (κ1) is 11.5. The molecular formula is C16H12O3. The molecule has 3 nitrogen and oxygen atoms in total. The summed E-state index contributed by atoms with van der Waals surface area (Å²) in [6.45, 7) is 0. The number of fused-ring (bicyclic) bond motifs is 1. The van der Waals surface area contributed by atoms with E-state index in [-0.39, 0.29) is 0 Å². The molecule has 0 aliphatic heterocycles. The van der Waals surface area contributed by atoms with Gasteiger partial charge in [0.15, 0.2) is 12.0 Å². The molecule has 0 atom stereocenters. The molecule has 3 aromatic rings. The first-order valence-corrected chi connectivity index (χ1v) is 5.94. The standard InChI is InChI=1S/C16H12O3/c1-18-12-7-8-14-13(9-12)16(15(10-17)19-14)11-5-3-2-4-6-11/h2-10H,1H3. The van der Waals surface area contributed by atoms with Crippen LogP contribution in [0.4, 0.5) is 0 Å². The van der Waals surface area contributed by atoms with E-state index in [0.29, 0.717) is 11.3 Å². The third-order valence-electron chi connectivity index (χ3n) is 3.09.